The Morgan fingerprint density at radius 1 is 1.35 bits per heavy atom. The van der Waals surface area contributed by atoms with E-state index in [9.17, 15) is 19.0 Å². The highest BCUT2D eigenvalue weighted by molar-refractivity contribution is 5.37. The van der Waals surface area contributed by atoms with Crippen LogP contribution in [-0.2, 0) is 0 Å². The number of nitrogens with one attached hydrogen (secondary N) is 1. The van der Waals surface area contributed by atoms with Gasteiger partial charge in [0.1, 0.15) is 11.9 Å². The smallest absolute Gasteiger partial charge is 0.168 e. The summed E-state index contributed by atoms with van der Waals surface area (Å²) in [5.74, 6) is -2.03. The molecule has 0 amide bonds. The fourth-order valence-electron chi connectivity index (χ4n) is 1.54. The zero-order valence-electron chi connectivity index (χ0n) is 9.58. The molecule has 0 saturated heterocycles. The van der Waals surface area contributed by atoms with Crippen molar-refractivity contribution in [2.24, 2.45) is 0 Å². The van der Waals surface area contributed by atoms with Gasteiger partial charge in [-0.1, -0.05) is 0 Å². The van der Waals surface area contributed by atoms with E-state index in [2.05, 4.69) is 5.32 Å². The van der Waals surface area contributed by atoms with Crippen molar-refractivity contribution in [1.29, 1.82) is 0 Å². The molecule has 0 aliphatic carbocycles. The molecule has 2 unspecified atom stereocenters. The molecular weight excluding hydrogens is 232 g/mol. The Bertz CT molecular complexity index is 387. The molecule has 0 aromatic heterocycles. The Morgan fingerprint density at radius 2 is 2.00 bits per heavy atom. The first kappa shape index (κ1) is 13.8. The molecule has 4 nitrogen and oxygen atoms in total. The van der Waals surface area contributed by atoms with Crippen LogP contribution in [0.4, 0.5) is 8.78 Å². The van der Waals surface area contributed by atoms with Crippen LogP contribution in [-0.4, -0.2) is 37.0 Å². The Morgan fingerprint density at radius 3 is 2.53 bits per heavy atom. The number of ether oxygens (including phenoxy) is 1. The normalized spacial score (nSPS) is 14.5. The number of hydrogen-bond donors (Lipinski definition) is 3. The van der Waals surface area contributed by atoms with E-state index in [1.165, 1.54) is 7.11 Å². The molecule has 1 aromatic carbocycles. The molecule has 0 aliphatic heterocycles. The topological polar surface area (TPSA) is 61.7 Å². The second-order valence-corrected chi connectivity index (χ2v) is 3.58. The summed E-state index contributed by atoms with van der Waals surface area (Å²) in [6.07, 6.45) is -2.61. The maximum Gasteiger partial charge on any atom is 0.168 e. The summed E-state index contributed by atoms with van der Waals surface area (Å²) in [7, 11) is 2.79. The monoisotopic (exact) mass is 247 g/mol. The van der Waals surface area contributed by atoms with E-state index in [-0.39, 0.29) is 17.9 Å². The summed E-state index contributed by atoms with van der Waals surface area (Å²) < 4.78 is 31.1. The molecular formula is C11H15F2NO3. The van der Waals surface area contributed by atoms with E-state index >= 15 is 0 Å². The van der Waals surface area contributed by atoms with Gasteiger partial charge in [-0.25, -0.2) is 8.78 Å². The first-order valence-corrected chi connectivity index (χ1v) is 5.05. The van der Waals surface area contributed by atoms with E-state index in [4.69, 9.17) is 4.74 Å². The van der Waals surface area contributed by atoms with Gasteiger partial charge in [0.25, 0.3) is 0 Å². The molecule has 0 heterocycles. The zero-order valence-corrected chi connectivity index (χ0v) is 9.58. The summed E-state index contributed by atoms with van der Waals surface area (Å²) in [6.45, 7) is 0.0858. The summed E-state index contributed by atoms with van der Waals surface area (Å²) >= 11 is 0. The highest BCUT2D eigenvalue weighted by Crippen LogP contribution is 2.30. The SMILES string of the molecule is CNCC(O)C(O)c1cc(F)cc(F)c1OC. The second kappa shape index (κ2) is 5.90. The van der Waals surface area contributed by atoms with Gasteiger partial charge in [-0.3, -0.25) is 0 Å². The van der Waals surface area contributed by atoms with Crippen LogP contribution in [0.15, 0.2) is 12.1 Å². The van der Waals surface area contributed by atoms with Gasteiger partial charge in [0, 0.05) is 18.2 Å². The molecule has 0 spiro atoms. The quantitative estimate of drug-likeness (QED) is 0.712. The lowest BCUT2D eigenvalue weighted by Gasteiger charge is -2.20. The molecule has 0 radical (unpaired) electrons. The molecule has 3 N–H and O–H groups in total. The molecule has 96 valence electrons. The Labute approximate surface area is 97.8 Å². The van der Waals surface area contributed by atoms with Crippen LogP contribution < -0.4 is 10.1 Å². The number of benzene rings is 1. The van der Waals surface area contributed by atoms with E-state index in [0.717, 1.165) is 6.07 Å². The van der Waals surface area contributed by atoms with Crippen LogP contribution in [0.3, 0.4) is 0 Å². The van der Waals surface area contributed by atoms with Gasteiger partial charge < -0.3 is 20.3 Å². The Hall–Kier alpha value is -1.24. The van der Waals surface area contributed by atoms with Crippen molar-refractivity contribution in [3.8, 4) is 5.75 Å². The maximum absolute atomic E-state index is 13.3. The molecule has 17 heavy (non-hydrogen) atoms. The third kappa shape index (κ3) is 3.12. The third-order valence-corrected chi connectivity index (χ3v) is 2.34. The fraction of sp³-hybridized carbons (Fsp3) is 0.455. The predicted octanol–water partition coefficient (Wildman–Crippen LogP) is 0.587. The van der Waals surface area contributed by atoms with Gasteiger partial charge in [0.15, 0.2) is 11.6 Å². The first-order chi connectivity index (χ1) is 8.01. The molecule has 2 atom stereocenters. The van der Waals surface area contributed by atoms with E-state index in [1.54, 1.807) is 7.05 Å². The van der Waals surface area contributed by atoms with Gasteiger partial charge in [-0.15, -0.1) is 0 Å². The number of hydrogen-bond acceptors (Lipinski definition) is 4. The molecule has 0 fully saturated rings. The largest absolute Gasteiger partial charge is 0.493 e. The lowest BCUT2D eigenvalue weighted by atomic mass is 10.0. The van der Waals surface area contributed by atoms with Crippen LogP contribution in [0, 0.1) is 11.6 Å². The maximum atomic E-state index is 13.3. The van der Waals surface area contributed by atoms with Crippen molar-refractivity contribution in [3.63, 3.8) is 0 Å². The number of likely N-dealkylation sites (N-methyl/N-ethyl adjacent to an activating group) is 1. The first-order valence-electron chi connectivity index (χ1n) is 5.05. The van der Waals surface area contributed by atoms with Crippen LogP contribution in [0.2, 0.25) is 0 Å². The average Bonchev–Trinajstić information content (AvgIpc) is 2.27. The standard InChI is InChI=1S/C11H15F2NO3/c1-14-5-9(15)10(16)7-3-6(12)4-8(13)11(7)17-2/h3-4,9-10,14-16H,5H2,1-2H3. The van der Waals surface area contributed by atoms with Crippen LogP contribution in [0.25, 0.3) is 0 Å². The van der Waals surface area contributed by atoms with Crippen LogP contribution in [0.5, 0.6) is 5.75 Å². The lowest BCUT2D eigenvalue weighted by Crippen LogP contribution is -2.30. The van der Waals surface area contributed by atoms with Gasteiger partial charge >= 0.3 is 0 Å². The molecule has 0 aliphatic rings. The minimum atomic E-state index is -1.43. The number of halogens is 2. The van der Waals surface area contributed by atoms with E-state index in [1.807, 2.05) is 0 Å². The number of aliphatic hydroxyl groups is 2. The van der Waals surface area contributed by atoms with E-state index in [0.29, 0.717) is 6.07 Å². The van der Waals surface area contributed by atoms with E-state index < -0.39 is 23.8 Å². The van der Waals surface area contributed by atoms with Crippen molar-refractivity contribution in [2.45, 2.75) is 12.2 Å². The van der Waals surface area contributed by atoms with Crippen molar-refractivity contribution in [2.75, 3.05) is 20.7 Å². The average molecular weight is 247 g/mol. The fourth-order valence-corrected chi connectivity index (χ4v) is 1.54. The van der Waals surface area contributed by atoms with Gasteiger partial charge in [-0.2, -0.15) is 0 Å². The van der Waals surface area contributed by atoms with Crippen LogP contribution >= 0.6 is 0 Å². The number of aliphatic hydroxyl groups excluding tert-OH is 2. The summed E-state index contributed by atoms with van der Waals surface area (Å²) in [5, 5.41) is 22.0. The van der Waals surface area contributed by atoms with Gasteiger partial charge in [-0.05, 0) is 13.1 Å². The molecule has 1 rings (SSSR count). The van der Waals surface area contributed by atoms with Crippen molar-refractivity contribution in [3.05, 3.63) is 29.3 Å². The van der Waals surface area contributed by atoms with Crippen molar-refractivity contribution < 1.29 is 23.7 Å². The third-order valence-electron chi connectivity index (χ3n) is 2.34. The minimum absolute atomic E-state index is 0.0858. The van der Waals surface area contributed by atoms with Crippen molar-refractivity contribution >= 4 is 0 Å². The Kier molecular flexibility index (Phi) is 4.80. The highest BCUT2D eigenvalue weighted by atomic mass is 19.1. The van der Waals surface area contributed by atoms with Crippen LogP contribution in [0.1, 0.15) is 11.7 Å². The summed E-state index contributed by atoms with van der Waals surface area (Å²) in [4.78, 5) is 0. The lowest BCUT2D eigenvalue weighted by molar-refractivity contribution is 0.0184. The zero-order chi connectivity index (χ0) is 13.0. The molecule has 0 bridgehead atoms. The predicted molar refractivity (Wildman–Crippen MR) is 57.8 cm³/mol. The molecule has 0 saturated carbocycles. The molecule has 1 aromatic rings. The van der Waals surface area contributed by atoms with Gasteiger partial charge in [0.05, 0.1) is 13.2 Å². The summed E-state index contributed by atoms with van der Waals surface area (Å²) in [6, 6.07) is 1.59. The second-order valence-electron chi connectivity index (χ2n) is 3.58. The minimum Gasteiger partial charge on any atom is -0.493 e. The number of methoxy groups -OCH3 is 1. The van der Waals surface area contributed by atoms with Gasteiger partial charge in [0.2, 0.25) is 0 Å². The number of rotatable bonds is 5. The Balaban J connectivity index is 3.11. The van der Waals surface area contributed by atoms with Crippen molar-refractivity contribution in [1.82, 2.24) is 5.32 Å². The molecule has 6 heteroatoms. The summed E-state index contributed by atoms with van der Waals surface area (Å²) in [5.41, 5.74) is -0.118. The highest BCUT2D eigenvalue weighted by Gasteiger charge is 2.24.